The van der Waals surface area contributed by atoms with Gasteiger partial charge in [-0.25, -0.2) is 0 Å². The first kappa shape index (κ1) is 15.6. The molecule has 1 amide bonds. The molecule has 0 unspecified atom stereocenters. The molecule has 3 nitrogen and oxygen atoms in total. The number of carbonyl (C=O) groups is 1. The Bertz CT molecular complexity index is 610. The molecule has 0 heterocycles. The molecule has 4 heteroatoms. The standard InChI is InChI=1S/C17H18BrNO2/c1-3-13-6-4-5-7-16(13)19-17(20)12(2)21-15-10-8-14(18)9-11-15/h4-12H,3H2,1-2H3,(H,19,20)/t12-/m0/s1. The van der Waals surface area contributed by atoms with Gasteiger partial charge in [-0.2, -0.15) is 0 Å². The van der Waals surface area contributed by atoms with Gasteiger partial charge in [-0.05, 0) is 49.2 Å². The van der Waals surface area contributed by atoms with E-state index in [0.717, 1.165) is 22.1 Å². The Morgan fingerprint density at radius 2 is 1.86 bits per heavy atom. The van der Waals surface area contributed by atoms with Crippen LogP contribution in [0.25, 0.3) is 0 Å². The summed E-state index contributed by atoms with van der Waals surface area (Å²) in [6.07, 6.45) is 0.314. The molecule has 0 spiro atoms. The van der Waals surface area contributed by atoms with Gasteiger partial charge in [0.25, 0.3) is 5.91 Å². The minimum atomic E-state index is -0.559. The second-order valence-corrected chi connectivity index (χ2v) is 5.63. The van der Waals surface area contributed by atoms with Crippen LogP contribution in [-0.2, 0) is 11.2 Å². The minimum Gasteiger partial charge on any atom is -0.481 e. The molecule has 0 fully saturated rings. The Morgan fingerprint density at radius 1 is 1.19 bits per heavy atom. The molecule has 1 N–H and O–H groups in total. The Kier molecular flexibility index (Phi) is 5.39. The molecule has 0 aromatic heterocycles. The summed E-state index contributed by atoms with van der Waals surface area (Å²) in [4.78, 5) is 12.2. The molecule has 2 aromatic rings. The number of rotatable bonds is 5. The third kappa shape index (κ3) is 4.33. The number of halogens is 1. The van der Waals surface area contributed by atoms with Crippen LogP contribution in [0.15, 0.2) is 53.0 Å². The zero-order valence-electron chi connectivity index (χ0n) is 12.1. The fourth-order valence-corrected chi connectivity index (χ4v) is 2.22. The van der Waals surface area contributed by atoms with Gasteiger partial charge in [0.05, 0.1) is 0 Å². The monoisotopic (exact) mass is 347 g/mol. The first-order chi connectivity index (χ1) is 10.1. The van der Waals surface area contributed by atoms with Gasteiger partial charge in [0.15, 0.2) is 6.10 Å². The molecule has 2 rings (SSSR count). The zero-order chi connectivity index (χ0) is 15.2. The van der Waals surface area contributed by atoms with Crippen LogP contribution in [0.2, 0.25) is 0 Å². The van der Waals surface area contributed by atoms with Gasteiger partial charge >= 0.3 is 0 Å². The summed E-state index contributed by atoms with van der Waals surface area (Å²) in [7, 11) is 0. The molecule has 0 saturated heterocycles. The van der Waals surface area contributed by atoms with Crippen LogP contribution in [0.3, 0.4) is 0 Å². The summed E-state index contributed by atoms with van der Waals surface area (Å²) >= 11 is 3.37. The molecule has 21 heavy (non-hydrogen) atoms. The number of hydrogen-bond donors (Lipinski definition) is 1. The van der Waals surface area contributed by atoms with Crippen molar-refractivity contribution in [3.8, 4) is 5.75 Å². The average molecular weight is 348 g/mol. The maximum atomic E-state index is 12.2. The molecule has 2 aromatic carbocycles. The Hall–Kier alpha value is -1.81. The van der Waals surface area contributed by atoms with Crippen molar-refractivity contribution in [2.45, 2.75) is 26.4 Å². The molecule has 1 atom stereocenters. The highest BCUT2D eigenvalue weighted by Crippen LogP contribution is 2.19. The van der Waals surface area contributed by atoms with Crippen molar-refractivity contribution in [3.05, 3.63) is 58.6 Å². The summed E-state index contributed by atoms with van der Waals surface area (Å²) in [6.45, 7) is 3.80. The van der Waals surface area contributed by atoms with Gasteiger partial charge in [-0.15, -0.1) is 0 Å². The van der Waals surface area contributed by atoms with Crippen LogP contribution in [0.1, 0.15) is 19.4 Å². The molecule has 0 aliphatic heterocycles. The molecule has 0 saturated carbocycles. The summed E-state index contributed by atoms with van der Waals surface area (Å²) in [6, 6.07) is 15.2. The normalized spacial score (nSPS) is 11.8. The van der Waals surface area contributed by atoms with Crippen molar-refractivity contribution in [2.24, 2.45) is 0 Å². The number of ether oxygens (including phenoxy) is 1. The number of amides is 1. The summed E-state index contributed by atoms with van der Waals surface area (Å²) in [5.74, 6) is 0.517. The lowest BCUT2D eigenvalue weighted by Gasteiger charge is -2.16. The highest BCUT2D eigenvalue weighted by molar-refractivity contribution is 9.10. The highest BCUT2D eigenvalue weighted by atomic mass is 79.9. The maximum Gasteiger partial charge on any atom is 0.265 e. The summed E-state index contributed by atoms with van der Waals surface area (Å²) < 4.78 is 6.62. The van der Waals surface area contributed by atoms with E-state index >= 15 is 0 Å². The molecule has 0 radical (unpaired) electrons. The van der Waals surface area contributed by atoms with E-state index in [1.165, 1.54) is 0 Å². The molecular formula is C17H18BrNO2. The topological polar surface area (TPSA) is 38.3 Å². The number of aryl methyl sites for hydroxylation is 1. The van der Waals surface area contributed by atoms with E-state index in [1.54, 1.807) is 6.92 Å². The molecule has 0 aliphatic carbocycles. The largest absolute Gasteiger partial charge is 0.481 e. The van der Waals surface area contributed by atoms with Crippen molar-refractivity contribution in [1.29, 1.82) is 0 Å². The van der Waals surface area contributed by atoms with E-state index in [4.69, 9.17) is 4.74 Å². The number of anilines is 1. The molecular weight excluding hydrogens is 330 g/mol. The second-order valence-electron chi connectivity index (χ2n) is 4.71. The van der Waals surface area contributed by atoms with Gasteiger partial charge < -0.3 is 10.1 Å². The lowest BCUT2D eigenvalue weighted by atomic mass is 10.1. The fourth-order valence-electron chi connectivity index (χ4n) is 1.96. The van der Waals surface area contributed by atoms with Crippen LogP contribution in [0.4, 0.5) is 5.69 Å². The number of hydrogen-bond acceptors (Lipinski definition) is 2. The lowest BCUT2D eigenvalue weighted by molar-refractivity contribution is -0.122. The highest BCUT2D eigenvalue weighted by Gasteiger charge is 2.15. The van der Waals surface area contributed by atoms with Gasteiger partial charge in [0, 0.05) is 10.2 Å². The predicted octanol–water partition coefficient (Wildman–Crippen LogP) is 4.42. The van der Waals surface area contributed by atoms with E-state index in [1.807, 2.05) is 48.5 Å². The molecule has 0 aliphatic rings. The maximum absolute atomic E-state index is 12.2. The van der Waals surface area contributed by atoms with E-state index in [9.17, 15) is 4.79 Å². The number of carbonyl (C=O) groups excluding carboxylic acids is 1. The van der Waals surface area contributed by atoms with Gasteiger partial charge in [0.2, 0.25) is 0 Å². The van der Waals surface area contributed by atoms with Crippen molar-refractivity contribution >= 4 is 27.5 Å². The zero-order valence-corrected chi connectivity index (χ0v) is 13.7. The van der Waals surface area contributed by atoms with Crippen LogP contribution >= 0.6 is 15.9 Å². The summed E-state index contributed by atoms with van der Waals surface area (Å²) in [5, 5.41) is 2.92. The third-order valence-corrected chi connectivity index (χ3v) is 3.68. The van der Waals surface area contributed by atoms with Crippen LogP contribution in [0.5, 0.6) is 5.75 Å². The third-order valence-electron chi connectivity index (χ3n) is 3.15. The number of nitrogens with one attached hydrogen (secondary N) is 1. The van der Waals surface area contributed by atoms with E-state index in [0.29, 0.717) is 5.75 Å². The molecule has 110 valence electrons. The van der Waals surface area contributed by atoms with E-state index in [2.05, 4.69) is 28.2 Å². The lowest BCUT2D eigenvalue weighted by Crippen LogP contribution is -2.30. The first-order valence-electron chi connectivity index (χ1n) is 6.91. The number of benzene rings is 2. The van der Waals surface area contributed by atoms with Crippen molar-refractivity contribution < 1.29 is 9.53 Å². The van der Waals surface area contributed by atoms with Crippen molar-refractivity contribution in [2.75, 3.05) is 5.32 Å². The Morgan fingerprint density at radius 3 is 2.52 bits per heavy atom. The fraction of sp³-hybridized carbons (Fsp3) is 0.235. The van der Waals surface area contributed by atoms with E-state index in [-0.39, 0.29) is 5.91 Å². The second kappa shape index (κ2) is 7.27. The molecule has 0 bridgehead atoms. The minimum absolute atomic E-state index is 0.154. The smallest absolute Gasteiger partial charge is 0.265 e. The Balaban J connectivity index is 2.01. The van der Waals surface area contributed by atoms with Crippen molar-refractivity contribution in [3.63, 3.8) is 0 Å². The summed E-state index contributed by atoms with van der Waals surface area (Å²) in [5.41, 5.74) is 1.96. The van der Waals surface area contributed by atoms with Crippen LogP contribution in [-0.4, -0.2) is 12.0 Å². The van der Waals surface area contributed by atoms with Crippen LogP contribution in [0, 0.1) is 0 Å². The van der Waals surface area contributed by atoms with Gasteiger partial charge in [0.1, 0.15) is 5.75 Å². The quantitative estimate of drug-likeness (QED) is 0.869. The van der Waals surface area contributed by atoms with Crippen molar-refractivity contribution in [1.82, 2.24) is 0 Å². The van der Waals surface area contributed by atoms with E-state index < -0.39 is 6.10 Å². The first-order valence-corrected chi connectivity index (χ1v) is 7.70. The van der Waals surface area contributed by atoms with Gasteiger partial charge in [-0.3, -0.25) is 4.79 Å². The predicted molar refractivity (Wildman–Crippen MR) is 88.7 cm³/mol. The SMILES string of the molecule is CCc1ccccc1NC(=O)[C@H](C)Oc1ccc(Br)cc1. The number of para-hydroxylation sites is 1. The van der Waals surface area contributed by atoms with Gasteiger partial charge in [-0.1, -0.05) is 41.1 Å². The average Bonchev–Trinajstić information content (AvgIpc) is 2.50. The Labute approximate surface area is 133 Å². The van der Waals surface area contributed by atoms with Crippen LogP contribution < -0.4 is 10.1 Å².